The van der Waals surface area contributed by atoms with E-state index in [1.165, 1.54) is 19.2 Å². The molecule has 2 aliphatic rings. The number of rotatable bonds is 5. The molecule has 2 aliphatic heterocycles. The number of pyridine rings is 1. The number of aryl methyl sites for hydroxylation is 2. The Morgan fingerprint density at radius 2 is 2.04 bits per heavy atom. The Morgan fingerprint density at radius 3 is 2.85 bits per heavy atom. The Morgan fingerprint density at radius 1 is 1.19 bits per heavy atom. The molecule has 0 saturated carbocycles. The molecule has 1 atom stereocenters. The van der Waals surface area contributed by atoms with Gasteiger partial charge in [0.05, 0.1) is 5.69 Å². The first-order chi connectivity index (χ1) is 13.1. The van der Waals surface area contributed by atoms with E-state index in [1.54, 1.807) is 12.4 Å². The minimum absolute atomic E-state index is 0.136. The third-order valence-electron chi connectivity index (χ3n) is 5.97. The van der Waals surface area contributed by atoms with E-state index in [0.29, 0.717) is 12.8 Å². The van der Waals surface area contributed by atoms with Crippen LogP contribution in [0.4, 0.5) is 0 Å². The lowest BCUT2D eigenvalue weighted by molar-refractivity contribution is -0.130. The van der Waals surface area contributed by atoms with Crippen LogP contribution in [0.1, 0.15) is 42.6 Å². The van der Waals surface area contributed by atoms with Crippen molar-refractivity contribution in [3.63, 3.8) is 0 Å². The van der Waals surface area contributed by atoms with E-state index >= 15 is 0 Å². The van der Waals surface area contributed by atoms with Crippen LogP contribution >= 0.6 is 0 Å². The van der Waals surface area contributed by atoms with Crippen molar-refractivity contribution in [2.24, 2.45) is 0 Å². The summed E-state index contributed by atoms with van der Waals surface area (Å²) in [4.78, 5) is 30.1. The average Bonchev–Trinajstić information content (AvgIpc) is 3.28. The highest BCUT2D eigenvalue weighted by Gasteiger charge is 2.46. The Hall–Kier alpha value is -2.34. The van der Waals surface area contributed by atoms with Crippen molar-refractivity contribution in [1.82, 2.24) is 24.8 Å². The third-order valence-corrected chi connectivity index (χ3v) is 5.97. The second-order valence-corrected chi connectivity index (χ2v) is 7.83. The van der Waals surface area contributed by atoms with E-state index < -0.39 is 0 Å². The number of hydrogen-bond acceptors (Lipinski definition) is 5. The fourth-order valence-corrected chi connectivity index (χ4v) is 4.52. The molecule has 1 unspecified atom stereocenters. The first kappa shape index (κ1) is 18.0. The van der Waals surface area contributed by atoms with Crippen LogP contribution in [0.25, 0.3) is 0 Å². The SMILES string of the molecule is Cc1cccc(CN2CCCC23CCN(C(=O)CCc2cncnc2)C3)n1. The Bertz CT molecular complexity index is 796. The molecule has 0 aromatic carbocycles. The average molecular weight is 365 g/mol. The summed E-state index contributed by atoms with van der Waals surface area (Å²) in [7, 11) is 0. The van der Waals surface area contributed by atoms with Crippen LogP contribution in [0.3, 0.4) is 0 Å². The molecule has 1 spiro atoms. The van der Waals surface area contributed by atoms with Crippen LogP contribution in [0.15, 0.2) is 36.9 Å². The van der Waals surface area contributed by atoms with Crippen LogP contribution in [0.2, 0.25) is 0 Å². The Labute approximate surface area is 160 Å². The third kappa shape index (κ3) is 4.00. The summed E-state index contributed by atoms with van der Waals surface area (Å²) >= 11 is 0. The molecule has 4 heterocycles. The summed E-state index contributed by atoms with van der Waals surface area (Å²) < 4.78 is 0. The number of amides is 1. The van der Waals surface area contributed by atoms with E-state index in [4.69, 9.17) is 0 Å². The van der Waals surface area contributed by atoms with Crippen LogP contribution < -0.4 is 0 Å². The van der Waals surface area contributed by atoms with Crippen LogP contribution in [0, 0.1) is 6.92 Å². The lowest BCUT2D eigenvalue weighted by atomic mass is 9.95. The molecule has 142 valence electrons. The van der Waals surface area contributed by atoms with Gasteiger partial charge in [0.25, 0.3) is 0 Å². The Balaban J connectivity index is 1.37. The van der Waals surface area contributed by atoms with Crippen molar-refractivity contribution in [3.05, 3.63) is 53.9 Å². The van der Waals surface area contributed by atoms with Gasteiger partial charge in [-0.2, -0.15) is 0 Å². The molecule has 1 amide bonds. The fraction of sp³-hybridized carbons (Fsp3) is 0.524. The standard InChI is InChI=1S/C21H27N5O/c1-17-4-2-5-19(24-17)14-26-10-3-8-21(26)9-11-25(15-21)20(27)7-6-18-12-22-16-23-13-18/h2,4-5,12-13,16H,3,6-11,14-15H2,1H3. The number of carbonyl (C=O) groups excluding carboxylic acids is 1. The van der Waals surface area contributed by atoms with Gasteiger partial charge >= 0.3 is 0 Å². The van der Waals surface area contributed by atoms with Crippen molar-refractivity contribution in [2.45, 2.75) is 51.1 Å². The van der Waals surface area contributed by atoms with Gasteiger partial charge in [0.15, 0.2) is 0 Å². The molecule has 2 fully saturated rings. The first-order valence-electron chi connectivity index (χ1n) is 9.84. The molecule has 4 rings (SSSR count). The van der Waals surface area contributed by atoms with E-state index in [0.717, 1.165) is 49.6 Å². The van der Waals surface area contributed by atoms with Crippen LogP contribution in [-0.2, 0) is 17.8 Å². The molecule has 2 aromatic heterocycles. The zero-order chi connectivity index (χ0) is 18.7. The number of likely N-dealkylation sites (tertiary alicyclic amines) is 2. The molecule has 6 heteroatoms. The van der Waals surface area contributed by atoms with Gasteiger partial charge in [-0.25, -0.2) is 9.97 Å². The second kappa shape index (κ2) is 7.72. The van der Waals surface area contributed by atoms with Crippen LogP contribution in [-0.4, -0.2) is 55.8 Å². The summed E-state index contributed by atoms with van der Waals surface area (Å²) in [5.74, 6) is 0.247. The largest absolute Gasteiger partial charge is 0.341 e. The highest BCUT2D eigenvalue weighted by Crippen LogP contribution is 2.38. The number of aromatic nitrogens is 3. The molecule has 0 bridgehead atoms. The van der Waals surface area contributed by atoms with Gasteiger partial charge in [-0.3, -0.25) is 14.7 Å². The minimum Gasteiger partial charge on any atom is -0.341 e. The van der Waals surface area contributed by atoms with E-state index in [1.807, 2.05) is 13.0 Å². The summed E-state index contributed by atoms with van der Waals surface area (Å²) in [5, 5.41) is 0. The zero-order valence-corrected chi connectivity index (χ0v) is 16.0. The zero-order valence-electron chi connectivity index (χ0n) is 16.0. The maximum atomic E-state index is 12.7. The predicted octanol–water partition coefficient (Wildman–Crippen LogP) is 2.38. The van der Waals surface area contributed by atoms with Crippen molar-refractivity contribution in [1.29, 1.82) is 0 Å². The molecule has 0 N–H and O–H groups in total. The quantitative estimate of drug-likeness (QED) is 0.814. The molecule has 0 aliphatic carbocycles. The smallest absolute Gasteiger partial charge is 0.222 e. The van der Waals surface area contributed by atoms with E-state index in [-0.39, 0.29) is 11.4 Å². The number of hydrogen-bond donors (Lipinski definition) is 0. The fourth-order valence-electron chi connectivity index (χ4n) is 4.52. The van der Waals surface area contributed by atoms with Gasteiger partial charge in [-0.1, -0.05) is 6.07 Å². The van der Waals surface area contributed by atoms with Gasteiger partial charge in [0.1, 0.15) is 6.33 Å². The topological polar surface area (TPSA) is 62.2 Å². The highest BCUT2D eigenvalue weighted by atomic mass is 16.2. The highest BCUT2D eigenvalue weighted by molar-refractivity contribution is 5.77. The second-order valence-electron chi connectivity index (χ2n) is 7.83. The summed E-state index contributed by atoms with van der Waals surface area (Å²) in [6, 6.07) is 6.23. The summed E-state index contributed by atoms with van der Waals surface area (Å²) in [6.07, 6.45) is 9.79. The normalized spacial score (nSPS) is 22.6. The first-order valence-corrected chi connectivity index (χ1v) is 9.84. The van der Waals surface area contributed by atoms with Gasteiger partial charge < -0.3 is 4.90 Å². The van der Waals surface area contributed by atoms with Crippen molar-refractivity contribution in [2.75, 3.05) is 19.6 Å². The van der Waals surface area contributed by atoms with Gasteiger partial charge in [0.2, 0.25) is 5.91 Å². The van der Waals surface area contributed by atoms with Gasteiger partial charge in [-0.05, 0) is 56.8 Å². The number of nitrogens with zero attached hydrogens (tertiary/aromatic N) is 5. The van der Waals surface area contributed by atoms with Crippen LogP contribution in [0.5, 0.6) is 0 Å². The van der Waals surface area contributed by atoms with Crippen molar-refractivity contribution < 1.29 is 4.79 Å². The van der Waals surface area contributed by atoms with Gasteiger partial charge in [-0.15, -0.1) is 0 Å². The molecule has 0 radical (unpaired) electrons. The molecule has 2 aromatic rings. The Kier molecular flexibility index (Phi) is 5.16. The maximum Gasteiger partial charge on any atom is 0.222 e. The van der Waals surface area contributed by atoms with E-state index in [2.05, 4.69) is 36.9 Å². The molecule has 27 heavy (non-hydrogen) atoms. The van der Waals surface area contributed by atoms with Crippen molar-refractivity contribution >= 4 is 5.91 Å². The monoisotopic (exact) mass is 365 g/mol. The molecule has 2 saturated heterocycles. The molecular formula is C21H27N5O. The molecule has 6 nitrogen and oxygen atoms in total. The minimum atomic E-state index is 0.136. The number of carbonyl (C=O) groups is 1. The predicted molar refractivity (Wildman–Crippen MR) is 103 cm³/mol. The molecular weight excluding hydrogens is 338 g/mol. The summed E-state index contributed by atoms with van der Waals surface area (Å²) in [5.41, 5.74) is 3.35. The van der Waals surface area contributed by atoms with Crippen molar-refractivity contribution in [3.8, 4) is 0 Å². The lowest BCUT2D eigenvalue weighted by Crippen LogP contribution is -2.46. The van der Waals surface area contributed by atoms with E-state index in [9.17, 15) is 4.79 Å². The summed E-state index contributed by atoms with van der Waals surface area (Å²) in [6.45, 7) is 5.73. The van der Waals surface area contributed by atoms with Gasteiger partial charge in [0, 0.05) is 49.7 Å². The lowest BCUT2D eigenvalue weighted by Gasteiger charge is -2.35. The maximum absolute atomic E-state index is 12.7.